The van der Waals surface area contributed by atoms with E-state index in [1.54, 1.807) is 46.2 Å². The van der Waals surface area contributed by atoms with Gasteiger partial charge in [-0.15, -0.1) is 0 Å². The van der Waals surface area contributed by atoms with E-state index in [4.69, 9.17) is 4.42 Å². The van der Waals surface area contributed by atoms with Crippen LogP contribution >= 0.6 is 0 Å². The molecule has 1 unspecified atom stereocenters. The van der Waals surface area contributed by atoms with Crippen LogP contribution in [0.4, 0.5) is 41.0 Å². The van der Waals surface area contributed by atoms with Crippen LogP contribution in [0.1, 0.15) is 48.0 Å². The number of alkyl halides is 3. The summed E-state index contributed by atoms with van der Waals surface area (Å²) in [7, 11) is 0. The van der Waals surface area contributed by atoms with Crippen LogP contribution in [0.2, 0.25) is 0 Å². The van der Waals surface area contributed by atoms with Gasteiger partial charge in [0.2, 0.25) is 11.7 Å². The Balaban J connectivity index is 1.20. The van der Waals surface area contributed by atoms with Crippen molar-refractivity contribution in [2.45, 2.75) is 38.8 Å². The summed E-state index contributed by atoms with van der Waals surface area (Å²) in [6.07, 6.45) is -2.54. The molecule has 13 heteroatoms. The average molecular weight is 585 g/mol. The number of rotatable bonds is 7. The van der Waals surface area contributed by atoms with Crippen molar-refractivity contribution >= 4 is 40.9 Å². The summed E-state index contributed by atoms with van der Waals surface area (Å²) < 4.78 is 46.6. The van der Waals surface area contributed by atoms with Crippen LogP contribution in [-0.2, 0) is 17.4 Å². The molecule has 0 radical (unpaired) electrons. The molecule has 3 aromatic rings. The monoisotopic (exact) mass is 584 g/mol. The number of urea groups is 1. The predicted molar refractivity (Wildman–Crippen MR) is 151 cm³/mol. The lowest BCUT2D eigenvalue weighted by molar-refractivity contribution is -0.141. The fourth-order valence-electron chi connectivity index (χ4n) is 5.19. The number of carbonyl (C=O) groups is 3. The van der Waals surface area contributed by atoms with Crippen LogP contribution in [0.15, 0.2) is 52.9 Å². The molecule has 222 valence electrons. The summed E-state index contributed by atoms with van der Waals surface area (Å²) in [6, 6.07) is 13.1. The highest BCUT2D eigenvalue weighted by Gasteiger charge is 2.42. The number of para-hydroxylation sites is 1. The van der Waals surface area contributed by atoms with Crippen molar-refractivity contribution in [2.24, 2.45) is 5.92 Å². The zero-order valence-electron chi connectivity index (χ0n) is 23.0. The fraction of sp³-hybridized carbons (Fsp3) is 0.379. The van der Waals surface area contributed by atoms with Crippen LogP contribution in [0.3, 0.4) is 0 Å². The van der Waals surface area contributed by atoms with Crippen molar-refractivity contribution in [2.75, 3.05) is 46.6 Å². The first-order valence-electron chi connectivity index (χ1n) is 13.8. The van der Waals surface area contributed by atoms with Gasteiger partial charge >= 0.3 is 12.2 Å². The molecule has 2 aliphatic heterocycles. The molecule has 0 spiro atoms. The number of benzene rings is 2. The number of halogens is 3. The van der Waals surface area contributed by atoms with Gasteiger partial charge < -0.3 is 30.2 Å². The lowest BCUT2D eigenvalue weighted by Gasteiger charge is -2.29. The van der Waals surface area contributed by atoms with Gasteiger partial charge in [-0.2, -0.15) is 18.2 Å². The molecule has 4 amide bonds. The molecule has 0 bridgehead atoms. The van der Waals surface area contributed by atoms with E-state index >= 15 is 0 Å². The number of nitrogens with zero attached hydrogens (tertiary/aromatic N) is 3. The van der Waals surface area contributed by atoms with E-state index in [-0.39, 0.29) is 36.5 Å². The normalized spacial score (nSPS) is 16.6. The average Bonchev–Trinajstić information content (AvgIpc) is 3.59. The molecule has 2 aromatic carbocycles. The van der Waals surface area contributed by atoms with Crippen LogP contribution in [-0.4, -0.2) is 49.0 Å². The molecule has 0 aliphatic carbocycles. The maximum absolute atomic E-state index is 13.7. The third-order valence-corrected chi connectivity index (χ3v) is 7.21. The first-order chi connectivity index (χ1) is 20.1. The molecule has 3 heterocycles. The summed E-state index contributed by atoms with van der Waals surface area (Å²) in [5.74, 6) is -1.87. The second kappa shape index (κ2) is 12.1. The number of piperidine rings is 1. The molecule has 2 aliphatic rings. The maximum atomic E-state index is 13.7. The Morgan fingerprint density at radius 2 is 1.83 bits per heavy atom. The van der Waals surface area contributed by atoms with E-state index in [1.807, 2.05) is 13.0 Å². The summed E-state index contributed by atoms with van der Waals surface area (Å²) in [5, 5.41) is 7.82. The summed E-state index contributed by atoms with van der Waals surface area (Å²) in [4.78, 5) is 44.7. The Hall–Kier alpha value is -4.55. The first-order valence-corrected chi connectivity index (χ1v) is 13.8. The lowest BCUT2D eigenvalue weighted by Crippen LogP contribution is -2.35. The van der Waals surface area contributed by atoms with Crippen LogP contribution in [0.25, 0.3) is 0 Å². The van der Waals surface area contributed by atoms with Gasteiger partial charge in [0, 0.05) is 49.7 Å². The van der Waals surface area contributed by atoms with Gasteiger partial charge in [0.25, 0.3) is 11.9 Å². The van der Waals surface area contributed by atoms with Gasteiger partial charge in [-0.3, -0.25) is 9.59 Å². The Morgan fingerprint density at radius 1 is 1.05 bits per heavy atom. The molecule has 1 saturated heterocycles. The predicted octanol–water partition coefficient (Wildman–Crippen LogP) is 5.28. The Bertz CT molecular complexity index is 1460. The van der Waals surface area contributed by atoms with Crippen molar-refractivity contribution in [1.82, 2.24) is 10.3 Å². The molecule has 5 rings (SSSR count). The van der Waals surface area contributed by atoms with E-state index in [0.29, 0.717) is 37.4 Å². The zero-order chi connectivity index (χ0) is 29.9. The number of hydrogen-bond acceptors (Lipinski definition) is 6. The minimum Gasteiger partial charge on any atom is -0.417 e. The highest BCUT2D eigenvalue weighted by molar-refractivity contribution is 6.04. The number of fused-ring (bicyclic) bond motifs is 1. The van der Waals surface area contributed by atoms with Crippen molar-refractivity contribution < 1.29 is 32.0 Å². The topological polar surface area (TPSA) is 120 Å². The number of oxazole rings is 1. The molecule has 3 N–H and O–H groups in total. The minimum atomic E-state index is -4.87. The van der Waals surface area contributed by atoms with Gasteiger partial charge in [0.15, 0.2) is 5.69 Å². The number of aromatic nitrogens is 1. The second-order valence-electron chi connectivity index (χ2n) is 10.5. The molecule has 1 aromatic heterocycles. The standard InChI is InChI=1S/C29H31F3N6O4/c1-18-6-5-14-37(17-18)28-36-25(29(30,31)32)24(42-28)26(40)34-21-9-10-22-19(16-21)12-15-38(22)23(39)11-13-33-27(41)35-20-7-3-2-4-8-20/h2-4,7-10,16,18H,5-6,11-15,17H2,1H3,(H,34,40)(H2,33,35,41). The van der Waals surface area contributed by atoms with Gasteiger partial charge in [-0.05, 0) is 61.1 Å². The summed E-state index contributed by atoms with van der Waals surface area (Å²) in [6.45, 7) is 3.53. The Morgan fingerprint density at radius 3 is 2.57 bits per heavy atom. The van der Waals surface area contributed by atoms with E-state index in [9.17, 15) is 27.6 Å². The molecule has 1 fully saturated rings. The van der Waals surface area contributed by atoms with E-state index < -0.39 is 29.6 Å². The number of anilines is 4. The van der Waals surface area contributed by atoms with Crippen molar-refractivity contribution in [3.8, 4) is 0 Å². The number of hydrogen-bond donors (Lipinski definition) is 3. The molecule has 0 saturated carbocycles. The van der Waals surface area contributed by atoms with Gasteiger partial charge in [0.1, 0.15) is 0 Å². The van der Waals surface area contributed by atoms with E-state index in [2.05, 4.69) is 20.9 Å². The molecular weight excluding hydrogens is 553 g/mol. The van der Waals surface area contributed by atoms with E-state index in [1.165, 1.54) is 6.07 Å². The number of amides is 4. The third-order valence-electron chi connectivity index (χ3n) is 7.21. The summed E-state index contributed by atoms with van der Waals surface area (Å²) in [5.41, 5.74) is 0.936. The van der Waals surface area contributed by atoms with Crippen molar-refractivity contribution in [1.29, 1.82) is 0 Å². The van der Waals surface area contributed by atoms with Crippen LogP contribution in [0, 0.1) is 5.92 Å². The quantitative estimate of drug-likeness (QED) is 0.348. The van der Waals surface area contributed by atoms with E-state index in [0.717, 1.165) is 18.4 Å². The fourth-order valence-corrected chi connectivity index (χ4v) is 5.19. The van der Waals surface area contributed by atoms with Crippen LogP contribution < -0.4 is 25.8 Å². The first kappa shape index (κ1) is 29.0. The highest BCUT2D eigenvalue weighted by Crippen LogP contribution is 2.36. The number of nitrogens with one attached hydrogen (secondary N) is 3. The highest BCUT2D eigenvalue weighted by atomic mass is 19.4. The van der Waals surface area contributed by atoms with Gasteiger partial charge in [0.05, 0.1) is 0 Å². The molecule has 42 heavy (non-hydrogen) atoms. The van der Waals surface area contributed by atoms with Crippen LogP contribution in [0.5, 0.6) is 0 Å². The maximum Gasteiger partial charge on any atom is 0.437 e. The smallest absolute Gasteiger partial charge is 0.417 e. The lowest BCUT2D eigenvalue weighted by atomic mass is 10.0. The van der Waals surface area contributed by atoms with Gasteiger partial charge in [-0.25, -0.2) is 4.79 Å². The molecule has 10 nitrogen and oxygen atoms in total. The second-order valence-corrected chi connectivity index (χ2v) is 10.5. The van der Waals surface area contributed by atoms with Crippen molar-refractivity contribution in [3.63, 3.8) is 0 Å². The summed E-state index contributed by atoms with van der Waals surface area (Å²) >= 11 is 0. The minimum absolute atomic E-state index is 0.0734. The zero-order valence-corrected chi connectivity index (χ0v) is 23.0. The molecule has 1 atom stereocenters. The number of carbonyl (C=O) groups excluding carboxylic acids is 3. The molecular formula is C29H31F3N6O4. The third kappa shape index (κ3) is 6.67. The van der Waals surface area contributed by atoms with Gasteiger partial charge in [-0.1, -0.05) is 25.1 Å². The largest absolute Gasteiger partial charge is 0.437 e. The SMILES string of the molecule is CC1CCCN(c2nc(C(F)(F)F)c(C(=O)Nc3ccc4c(c3)CCN4C(=O)CCNC(=O)Nc3ccccc3)o2)C1. The Kier molecular flexibility index (Phi) is 8.36. The van der Waals surface area contributed by atoms with Crippen molar-refractivity contribution in [3.05, 3.63) is 65.5 Å². The Labute approximate surface area is 240 Å².